The van der Waals surface area contributed by atoms with Gasteiger partial charge >= 0.3 is 0 Å². The van der Waals surface area contributed by atoms with Gasteiger partial charge in [-0.2, -0.15) is 0 Å². The summed E-state index contributed by atoms with van der Waals surface area (Å²) in [7, 11) is -1.79. The Hall–Kier alpha value is -1.46. The van der Waals surface area contributed by atoms with Crippen LogP contribution in [0.5, 0.6) is 0 Å². The SMILES string of the molecule is C=C(/C=C(\C)[C@@H](C)CCO[Si](C(C)C)(C(C)C)C(C)C)C[C@@H](C)C[C@@H]1O[C@H]1/C=C/CCCOCc1ccccc1. The highest BCUT2D eigenvalue weighted by atomic mass is 28.4. The Kier molecular flexibility index (Phi) is 15.2. The summed E-state index contributed by atoms with van der Waals surface area (Å²) in [6.07, 6.45) is 12.8. The van der Waals surface area contributed by atoms with Crippen LogP contribution in [0.1, 0.15) is 100.0 Å². The number of hydrogen-bond donors (Lipinski definition) is 0. The predicted molar refractivity (Wildman–Crippen MR) is 175 cm³/mol. The first-order valence-corrected chi connectivity index (χ1v) is 18.0. The van der Waals surface area contributed by atoms with Gasteiger partial charge in [0, 0.05) is 13.2 Å². The maximum Gasteiger partial charge on any atom is 0.200 e. The molecule has 0 amide bonds. The van der Waals surface area contributed by atoms with E-state index in [9.17, 15) is 0 Å². The molecule has 4 heteroatoms. The van der Waals surface area contributed by atoms with Crippen LogP contribution >= 0.6 is 0 Å². The summed E-state index contributed by atoms with van der Waals surface area (Å²) in [5, 5.41) is 0. The lowest BCUT2D eigenvalue weighted by Gasteiger charge is -2.42. The summed E-state index contributed by atoms with van der Waals surface area (Å²) in [6, 6.07) is 10.4. The molecule has 0 N–H and O–H groups in total. The zero-order chi connectivity index (χ0) is 29.7. The van der Waals surface area contributed by atoms with Gasteiger partial charge in [0.15, 0.2) is 8.32 Å². The molecular weight excluding hydrogens is 508 g/mol. The van der Waals surface area contributed by atoms with E-state index in [1.54, 1.807) is 0 Å². The lowest BCUT2D eigenvalue weighted by Crippen LogP contribution is -2.48. The zero-order valence-corrected chi connectivity index (χ0v) is 28.2. The van der Waals surface area contributed by atoms with E-state index >= 15 is 0 Å². The number of allylic oxidation sites excluding steroid dienone is 4. The van der Waals surface area contributed by atoms with Crippen LogP contribution in [0.4, 0.5) is 0 Å². The Balaban J connectivity index is 1.63. The van der Waals surface area contributed by atoms with Crippen LogP contribution in [0.2, 0.25) is 16.6 Å². The first-order chi connectivity index (χ1) is 19.0. The van der Waals surface area contributed by atoms with Crippen LogP contribution in [0.25, 0.3) is 0 Å². The van der Waals surface area contributed by atoms with Crippen molar-refractivity contribution >= 4 is 8.32 Å². The maximum absolute atomic E-state index is 6.80. The largest absolute Gasteiger partial charge is 0.416 e. The Bertz CT molecular complexity index is 895. The average Bonchev–Trinajstić information content (AvgIpc) is 3.62. The minimum absolute atomic E-state index is 0.288. The van der Waals surface area contributed by atoms with Crippen LogP contribution in [0, 0.1) is 11.8 Å². The molecule has 0 bridgehead atoms. The van der Waals surface area contributed by atoms with Crippen molar-refractivity contribution in [3.8, 4) is 0 Å². The molecule has 40 heavy (non-hydrogen) atoms. The summed E-state index contributed by atoms with van der Waals surface area (Å²) < 4.78 is 18.5. The quantitative estimate of drug-likeness (QED) is 0.0515. The summed E-state index contributed by atoms with van der Waals surface area (Å²) in [6.45, 7) is 27.8. The molecule has 0 spiro atoms. The molecular formula is C36H60O3Si. The molecule has 0 aromatic heterocycles. The number of hydrogen-bond acceptors (Lipinski definition) is 3. The fraction of sp³-hybridized carbons (Fsp3) is 0.667. The van der Waals surface area contributed by atoms with Crippen LogP contribution in [0.15, 0.2) is 66.3 Å². The molecule has 0 aliphatic carbocycles. The predicted octanol–water partition coefficient (Wildman–Crippen LogP) is 10.4. The van der Waals surface area contributed by atoms with Crippen molar-refractivity contribution in [3.05, 3.63) is 71.8 Å². The molecule has 1 aliphatic rings. The summed E-state index contributed by atoms with van der Waals surface area (Å²) in [5.41, 5.74) is 5.79. The Morgan fingerprint density at radius 1 is 0.975 bits per heavy atom. The molecule has 0 unspecified atom stereocenters. The second-order valence-corrected chi connectivity index (χ2v) is 18.7. The lowest BCUT2D eigenvalue weighted by molar-refractivity contribution is 0.119. The topological polar surface area (TPSA) is 31.0 Å². The number of benzene rings is 1. The van der Waals surface area contributed by atoms with Gasteiger partial charge in [0.25, 0.3) is 0 Å². The van der Waals surface area contributed by atoms with Crippen LogP contribution in [-0.2, 0) is 20.5 Å². The van der Waals surface area contributed by atoms with Gasteiger partial charge in [-0.05, 0) is 73.1 Å². The fourth-order valence-corrected chi connectivity index (χ4v) is 11.9. The summed E-state index contributed by atoms with van der Waals surface area (Å²) in [5.74, 6) is 1.08. The summed E-state index contributed by atoms with van der Waals surface area (Å²) >= 11 is 0. The number of rotatable bonds is 20. The Morgan fingerprint density at radius 2 is 1.62 bits per heavy atom. The second-order valence-electron chi connectivity index (χ2n) is 13.2. The fourth-order valence-electron chi connectivity index (χ4n) is 6.40. The monoisotopic (exact) mass is 568 g/mol. The summed E-state index contributed by atoms with van der Waals surface area (Å²) in [4.78, 5) is 0. The minimum atomic E-state index is -1.79. The van der Waals surface area contributed by atoms with Gasteiger partial charge in [0.1, 0.15) is 6.10 Å². The molecule has 1 aromatic rings. The lowest BCUT2D eigenvalue weighted by atomic mass is 9.92. The third-order valence-electron chi connectivity index (χ3n) is 8.78. The van der Waals surface area contributed by atoms with Crippen LogP contribution in [0.3, 0.4) is 0 Å². The highest BCUT2D eigenvalue weighted by Crippen LogP contribution is 2.42. The zero-order valence-electron chi connectivity index (χ0n) is 27.2. The van der Waals surface area contributed by atoms with Crippen LogP contribution in [-0.4, -0.2) is 33.7 Å². The highest BCUT2D eigenvalue weighted by Gasteiger charge is 2.44. The van der Waals surface area contributed by atoms with Crippen molar-refractivity contribution in [2.24, 2.45) is 11.8 Å². The van der Waals surface area contributed by atoms with E-state index in [1.165, 1.54) is 16.7 Å². The molecule has 1 heterocycles. The van der Waals surface area contributed by atoms with E-state index in [-0.39, 0.29) is 6.10 Å². The molecule has 0 saturated carbocycles. The van der Waals surface area contributed by atoms with Crippen molar-refractivity contribution in [1.29, 1.82) is 0 Å². The maximum atomic E-state index is 6.80. The molecule has 4 atom stereocenters. The Labute approximate surface area is 248 Å². The Morgan fingerprint density at radius 3 is 2.25 bits per heavy atom. The average molecular weight is 569 g/mol. The van der Waals surface area contributed by atoms with E-state index in [1.807, 2.05) is 6.07 Å². The van der Waals surface area contributed by atoms with Crippen molar-refractivity contribution in [3.63, 3.8) is 0 Å². The van der Waals surface area contributed by atoms with Gasteiger partial charge in [-0.15, -0.1) is 0 Å². The molecule has 3 nitrogen and oxygen atoms in total. The van der Waals surface area contributed by atoms with Crippen molar-refractivity contribution in [1.82, 2.24) is 0 Å². The molecule has 1 aliphatic heterocycles. The number of unbranched alkanes of at least 4 members (excludes halogenated alkanes) is 1. The first-order valence-electron chi connectivity index (χ1n) is 15.9. The molecule has 1 aromatic carbocycles. The first kappa shape index (κ1) is 34.7. The van der Waals surface area contributed by atoms with Gasteiger partial charge < -0.3 is 13.9 Å². The molecule has 2 rings (SSSR count). The third-order valence-corrected chi connectivity index (χ3v) is 14.9. The molecule has 1 saturated heterocycles. The van der Waals surface area contributed by atoms with Gasteiger partial charge in [-0.25, -0.2) is 0 Å². The number of epoxide rings is 1. The smallest absolute Gasteiger partial charge is 0.200 e. The highest BCUT2D eigenvalue weighted by molar-refractivity contribution is 6.77. The minimum Gasteiger partial charge on any atom is -0.416 e. The van der Waals surface area contributed by atoms with Crippen molar-refractivity contribution in [2.75, 3.05) is 13.2 Å². The molecule has 1 fully saturated rings. The van der Waals surface area contributed by atoms with E-state index in [0.717, 1.165) is 45.3 Å². The van der Waals surface area contributed by atoms with E-state index in [0.29, 0.717) is 41.2 Å². The van der Waals surface area contributed by atoms with Gasteiger partial charge in [0.05, 0.1) is 12.7 Å². The van der Waals surface area contributed by atoms with Gasteiger partial charge in [0.2, 0.25) is 0 Å². The second kappa shape index (κ2) is 17.5. The molecule has 226 valence electrons. The van der Waals surface area contributed by atoms with E-state index in [4.69, 9.17) is 13.9 Å². The van der Waals surface area contributed by atoms with Crippen molar-refractivity contribution in [2.45, 2.75) is 130 Å². The molecule has 0 radical (unpaired) electrons. The number of ether oxygens (including phenoxy) is 2. The normalized spacial score (nSPS) is 19.6. The van der Waals surface area contributed by atoms with E-state index < -0.39 is 8.32 Å². The third kappa shape index (κ3) is 11.4. The van der Waals surface area contributed by atoms with Gasteiger partial charge in [-0.1, -0.05) is 122 Å². The van der Waals surface area contributed by atoms with Crippen LogP contribution < -0.4 is 0 Å². The standard InChI is InChI=1S/C36H60O3Si/c1-27(2)40(28(3)4,29(5)6)38-22-20-32(9)33(10)24-30(7)23-31(8)25-36-35(39-36)19-15-12-16-21-37-26-34-17-13-11-14-18-34/h11,13-15,17-19,24,27-29,31-32,35-36H,7,12,16,20-23,25-26H2,1-6,8-10H3/b19-15+,33-24+/t31-,32+,35+,36+/m1/s1. The van der Waals surface area contributed by atoms with Crippen molar-refractivity contribution < 1.29 is 13.9 Å². The van der Waals surface area contributed by atoms with E-state index in [2.05, 4.69) is 111 Å². The van der Waals surface area contributed by atoms with Gasteiger partial charge in [-0.3, -0.25) is 0 Å².